The first kappa shape index (κ1) is 21.6. The Morgan fingerprint density at radius 2 is 1.57 bits per heavy atom. The molecule has 0 aliphatic rings. The van der Waals surface area contributed by atoms with Gasteiger partial charge in [0, 0.05) is 12.1 Å². The molecule has 8 heteroatoms. The number of benzene rings is 3. The van der Waals surface area contributed by atoms with Crippen molar-refractivity contribution >= 4 is 46.5 Å². The lowest BCUT2D eigenvalue weighted by atomic mass is 10.1. The molecule has 0 bridgehead atoms. The number of hydrogen-bond acceptors (Lipinski definition) is 2. The number of urea groups is 1. The van der Waals surface area contributed by atoms with Crippen LogP contribution in [0.2, 0.25) is 10.0 Å². The van der Waals surface area contributed by atoms with Crippen molar-refractivity contribution in [3.63, 3.8) is 0 Å². The SMILES string of the molecule is O=C(Nc1cccc(Cl)c1Cl)NC(Cc1ccccc1)C(=O)Nc1ccc(F)cc1. The molecule has 3 amide bonds. The third-order valence-corrected chi connectivity index (χ3v) is 5.03. The summed E-state index contributed by atoms with van der Waals surface area (Å²) < 4.78 is 13.1. The number of nitrogens with one attached hydrogen (secondary N) is 3. The highest BCUT2D eigenvalue weighted by Gasteiger charge is 2.22. The Balaban J connectivity index is 1.74. The van der Waals surface area contributed by atoms with E-state index in [0.29, 0.717) is 16.4 Å². The maximum Gasteiger partial charge on any atom is 0.319 e. The first-order valence-corrected chi connectivity index (χ1v) is 9.80. The maximum atomic E-state index is 13.1. The van der Waals surface area contributed by atoms with Crippen LogP contribution in [0.15, 0.2) is 72.8 Å². The molecule has 0 spiro atoms. The summed E-state index contributed by atoms with van der Waals surface area (Å²) >= 11 is 12.1. The van der Waals surface area contributed by atoms with Crippen LogP contribution in [0.25, 0.3) is 0 Å². The van der Waals surface area contributed by atoms with Gasteiger partial charge in [0.15, 0.2) is 0 Å². The van der Waals surface area contributed by atoms with Crippen molar-refractivity contribution in [3.8, 4) is 0 Å². The Kier molecular flexibility index (Phi) is 7.27. The van der Waals surface area contributed by atoms with Crippen molar-refractivity contribution in [2.45, 2.75) is 12.5 Å². The van der Waals surface area contributed by atoms with Crippen LogP contribution in [0.4, 0.5) is 20.6 Å². The van der Waals surface area contributed by atoms with Crippen LogP contribution in [0.3, 0.4) is 0 Å². The van der Waals surface area contributed by atoms with Crippen molar-refractivity contribution in [2.75, 3.05) is 10.6 Å². The van der Waals surface area contributed by atoms with Gasteiger partial charge >= 0.3 is 6.03 Å². The van der Waals surface area contributed by atoms with Crippen LogP contribution in [0.5, 0.6) is 0 Å². The zero-order valence-electron chi connectivity index (χ0n) is 15.7. The maximum absolute atomic E-state index is 13.1. The summed E-state index contributed by atoms with van der Waals surface area (Å²) in [4.78, 5) is 25.3. The molecule has 30 heavy (non-hydrogen) atoms. The predicted molar refractivity (Wildman–Crippen MR) is 118 cm³/mol. The number of amides is 3. The van der Waals surface area contributed by atoms with E-state index in [0.717, 1.165) is 5.56 Å². The van der Waals surface area contributed by atoms with Gasteiger partial charge in [-0.25, -0.2) is 9.18 Å². The molecule has 3 N–H and O–H groups in total. The fraction of sp³-hybridized carbons (Fsp3) is 0.0909. The number of hydrogen-bond donors (Lipinski definition) is 3. The van der Waals surface area contributed by atoms with Crippen LogP contribution in [-0.2, 0) is 11.2 Å². The largest absolute Gasteiger partial charge is 0.326 e. The van der Waals surface area contributed by atoms with Gasteiger partial charge in [0.25, 0.3) is 0 Å². The van der Waals surface area contributed by atoms with Crippen molar-refractivity contribution in [1.29, 1.82) is 0 Å². The smallest absolute Gasteiger partial charge is 0.319 e. The first-order chi connectivity index (χ1) is 14.4. The van der Waals surface area contributed by atoms with Crippen LogP contribution in [-0.4, -0.2) is 18.0 Å². The highest BCUT2D eigenvalue weighted by atomic mass is 35.5. The summed E-state index contributed by atoms with van der Waals surface area (Å²) in [5, 5.41) is 8.43. The Morgan fingerprint density at radius 1 is 0.867 bits per heavy atom. The summed E-state index contributed by atoms with van der Waals surface area (Å²) in [7, 11) is 0. The molecule has 0 saturated carbocycles. The minimum absolute atomic E-state index is 0.199. The predicted octanol–water partition coefficient (Wildman–Crippen LogP) is 5.50. The average Bonchev–Trinajstić information content (AvgIpc) is 2.73. The monoisotopic (exact) mass is 445 g/mol. The van der Waals surface area contributed by atoms with Gasteiger partial charge in [0.05, 0.1) is 15.7 Å². The molecule has 154 valence electrons. The summed E-state index contributed by atoms with van der Waals surface area (Å²) in [5.74, 6) is -0.859. The molecule has 1 atom stereocenters. The molecule has 3 rings (SSSR count). The zero-order valence-corrected chi connectivity index (χ0v) is 17.2. The second-order valence-corrected chi connectivity index (χ2v) is 7.22. The molecule has 0 aliphatic heterocycles. The van der Waals surface area contributed by atoms with E-state index in [-0.39, 0.29) is 11.4 Å². The van der Waals surface area contributed by atoms with Crippen molar-refractivity contribution in [1.82, 2.24) is 5.32 Å². The van der Waals surface area contributed by atoms with E-state index >= 15 is 0 Å². The molecule has 0 saturated heterocycles. The average molecular weight is 446 g/mol. The summed E-state index contributed by atoms with van der Waals surface area (Å²) in [6, 6.07) is 17.9. The molecule has 3 aromatic carbocycles. The lowest BCUT2D eigenvalue weighted by molar-refractivity contribution is -0.117. The van der Waals surface area contributed by atoms with E-state index in [9.17, 15) is 14.0 Å². The number of rotatable bonds is 6. The highest BCUT2D eigenvalue weighted by Crippen LogP contribution is 2.29. The van der Waals surface area contributed by atoms with Crippen molar-refractivity contribution < 1.29 is 14.0 Å². The topological polar surface area (TPSA) is 70.2 Å². The molecule has 3 aromatic rings. The standard InChI is InChI=1S/C22H18Cl2FN3O2/c23-17-7-4-8-18(20(17)24)27-22(30)28-19(13-14-5-2-1-3-6-14)21(29)26-16-11-9-15(25)10-12-16/h1-12,19H,13H2,(H,26,29)(H2,27,28,30). The molecule has 5 nitrogen and oxygen atoms in total. The lowest BCUT2D eigenvalue weighted by Gasteiger charge is -2.19. The van der Waals surface area contributed by atoms with Crippen LogP contribution in [0.1, 0.15) is 5.56 Å². The molecule has 0 aromatic heterocycles. The second kappa shape index (κ2) is 10.1. The third kappa shape index (κ3) is 5.95. The quantitative estimate of drug-likeness (QED) is 0.468. The zero-order chi connectivity index (χ0) is 21.5. The third-order valence-electron chi connectivity index (χ3n) is 4.22. The molecular formula is C22H18Cl2FN3O2. The van der Waals surface area contributed by atoms with Gasteiger partial charge in [-0.1, -0.05) is 59.6 Å². The van der Waals surface area contributed by atoms with Gasteiger partial charge in [0.2, 0.25) is 5.91 Å². The van der Waals surface area contributed by atoms with E-state index in [1.54, 1.807) is 18.2 Å². The van der Waals surface area contributed by atoms with Gasteiger partial charge in [-0.15, -0.1) is 0 Å². The summed E-state index contributed by atoms with van der Waals surface area (Å²) in [6.45, 7) is 0. The van der Waals surface area contributed by atoms with Gasteiger partial charge in [-0.2, -0.15) is 0 Å². The molecular weight excluding hydrogens is 428 g/mol. The number of carbonyl (C=O) groups excluding carboxylic acids is 2. The second-order valence-electron chi connectivity index (χ2n) is 6.44. The van der Waals surface area contributed by atoms with E-state index in [1.165, 1.54) is 24.3 Å². The van der Waals surface area contributed by atoms with Crippen molar-refractivity contribution in [3.05, 3.63) is 94.2 Å². The molecule has 0 aliphatic carbocycles. The van der Waals surface area contributed by atoms with Crippen LogP contribution >= 0.6 is 23.2 Å². The number of halogens is 3. The van der Waals surface area contributed by atoms with E-state index in [2.05, 4.69) is 16.0 Å². The Hall–Kier alpha value is -3.09. The minimum atomic E-state index is -0.893. The normalized spacial score (nSPS) is 11.4. The summed E-state index contributed by atoms with van der Waals surface area (Å²) in [6.07, 6.45) is 0.255. The van der Waals surface area contributed by atoms with E-state index < -0.39 is 23.8 Å². The first-order valence-electron chi connectivity index (χ1n) is 9.04. The fourth-order valence-electron chi connectivity index (χ4n) is 2.74. The molecule has 0 fully saturated rings. The Morgan fingerprint density at radius 3 is 2.27 bits per heavy atom. The fourth-order valence-corrected chi connectivity index (χ4v) is 3.09. The van der Waals surface area contributed by atoms with Gasteiger partial charge in [0.1, 0.15) is 11.9 Å². The molecule has 0 radical (unpaired) electrons. The Bertz CT molecular complexity index is 1030. The van der Waals surface area contributed by atoms with E-state index in [1.807, 2.05) is 30.3 Å². The van der Waals surface area contributed by atoms with Gasteiger partial charge in [-0.3, -0.25) is 4.79 Å². The Labute approximate surface area is 183 Å². The molecule has 1 unspecified atom stereocenters. The van der Waals surface area contributed by atoms with Crippen LogP contribution < -0.4 is 16.0 Å². The van der Waals surface area contributed by atoms with Gasteiger partial charge < -0.3 is 16.0 Å². The van der Waals surface area contributed by atoms with E-state index in [4.69, 9.17) is 23.2 Å². The number of anilines is 2. The summed E-state index contributed by atoms with van der Waals surface area (Å²) in [5.41, 5.74) is 1.59. The number of carbonyl (C=O) groups is 2. The van der Waals surface area contributed by atoms with Crippen LogP contribution in [0, 0.1) is 5.82 Å². The van der Waals surface area contributed by atoms with Gasteiger partial charge in [-0.05, 0) is 42.0 Å². The highest BCUT2D eigenvalue weighted by molar-refractivity contribution is 6.43. The molecule has 0 heterocycles. The van der Waals surface area contributed by atoms with Crippen molar-refractivity contribution in [2.24, 2.45) is 0 Å². The lowest BCUT2D eigenvalue weighted by Crippen LogP contribution is -2.47. The minimum Gasteiger partial charge on any atom is -0.326 e.